The van der Waals surface area contributed by atoms with Crippen LogP contribution in [0.4, 0.5) is 0 Å². The average molecular weight is 394 g/mol. The van der Waals surface area contributed by atoms with E-state index >= 15 is 0 Å². The monoisotopic (exact) mass is 392 g/mol. The van der Waals surface area contributed by atoms with E-state index in [-0.39, 0.29) is 0 Å². The highest BCUT2D eigenvalue weighted by Gasteiger charge is 2.13. The highest BCUT2D eigenvalue weighted by atomic mass is 79.9. The Hall–Kier alpha value is 0.190. The standard InChI is InChI=1S/C12H10Br2OS2/c13-8-2-1-3-9(6-8)17-7-11(15)12-10(14)4-5-16-12/h1-6,11,15H,7H2. The zero-order chi connectivity index (χ0) is 12.3. The number of thioether (sulfide) groups is 1. The van der Waals surface area contributed by atoms with Gasteiger partial charge in [0.05, 0.1) is 6.10 Å². The van der Waals surface area contributed by atoms with Crippen LogP contribution in [0.2, 0.25) is 0 Å². The van der Waals surface area contributed by atoms with Crippen LogP contribution in [-0.2, 0) is 0 Å². The van der Waals surface area contributed by atoms with Crippen molar-refractivity contribution in [2.75, 3.05) is 5.75 Å². The molecule has 0 saturated heterocycles. The van der Waals surface area contributed by atoms with Crippen LogP contribution in [0.25, 0.3) is 0 Å². The number of aliphatic hydroxyl groups is 1. The van der Waals surface area contributed by atoms with Gasteiger partial charge in [-0.3, -0.25) is 0 Å². The largest absolute Gasteiger partial charge is 0.387 e. The molecule has 2 aromatic rings. The molecule has 2 rings (SSSR count). The molecule has 1 atom stereocenters. The van der Waals surface area contributed by atoms with Gasteiger partial charge in [-0.05, 0) is 45.6 Å². The van der Waals surface area contributed by atoms with E-state index in [4.69, 9.17) is 0 Å². The third-order valence-electron chi connectivity index (χ3n) is 2.15. The van der Waals surface area contributed by atoms with Crippen LogP contribution < -0.4 is 0 Å². The fourth-order valence-corrected chi connectivity index (χ4v) is 4.53. The summed E-state index contributed by atoms with van der Waals surface area (Å²) in [5, 5.41) is 12.0. The molecule has 0 radical (unpaired) electrons. The summed E-state index contributed by atoms with van der Waals surface area (Å²) < 4.78 is 2.05. The predicted octanol–water partition coefficient (Wildman–Crippen LogP) is 5.10. The second kappa shape index (κ2) is 6.38. The molecule has 1 unspecified atom stereocenters. The Bertz CT molecular complexity index is 499. The van der Waals surface area contributed by atoms with Crippen LogP contribution in [-0.4, -0.2) is 10.9 Å². The normalized spacial score (nSPS) is 12.6. The molecule has 5 heteroatoms. The SMILES string of the molecule is OC(CSc1cccc(Br)c1)c1sccc1Br. The number of benzene rings is 1. The summed E-state index contributed by atoms with van der Waals surface area (Å²) in [6.07, 6.45) is -0.423. The molecule has 17 heavy (non-hydrogen) atoms. The topological polar surface area (TPSA) is 20.2 Å². The minimum absolute atomic E-state index is 0.423. The predicted molar refractivity (Wildman–Crippen MR) is 81.8 cm³/mol. The third kappa shape index (κ3) is 3.83. The number of rotatable bonds is 4. The first-order chi connectivity index (χ1) is 8.16. The lowest BCUT2D eigenvalue weighted by molar-refractivity contribution is 0.207. The van der Waals surface area contributed by atoms with E-state index in [1.807, 2.05) is 29.6 Å². The fourth-order valence-electron chi connectivity index (χ4n) is 1.35. The molecular weight excluding hydrogens is 384 g/mol. The lowest BCUT2D eigenvalue weighted by Gasteiger charge is -2.09. The molecule has 0 spiro atoms. The van der Waals surface area contributed by atoms with E-state index in [2.05, 4.69) is 37.9 Å². The summed E-state index contributed by atoms with van der Waals surface area (Å²) in [6.45, 7) is 0. The number of hydrogen-bond acceptors (Lipinski definition) is 3. The van der Waals surface area contributed by atoms with Gasteiger partial charge in [-0.15, -0.1) is 23.1 Å². The van der Waals surface area contributed by atoms with Crippen LogP contribution >= 0.6 is 55.0 Å². The Balaban J connectivity index is 1.97. The van der Waals surface area contributed by atoms with Crippen molar-refractivity contribution in [1.82, 2.24) is 0 Å². The zero-order valence-electron chi connectivity index (χ0n) is 8.77. The smallest absolute Gasteiger partial charge is 0.0986 e. The van der Waals surface area contributed by atoms with Crippen molar-refractivity contribution in [1.29, 1.82) is 0 Å². The summed E-state index contributed by atoms with van der Waals surface area (Å²) in [5.41, 5.74) is 0. The Morgan fingerprint density at radius 1 is 1.29 bits per heavy atom. The maximum atomic E-state index is 10.1. The zero-order valence-corrected chi connectivity index (χ0v) is 13.6. The highest BCUT2D eigenvalue weighted by molar-refractivity contribution is 9.10. The van der Waals surface area contributed by atoms with Crippen molar-refractivity contribution in [3.63, 3.8) is 0 Å². The van der Waals surface area contributed by atoms with E-state index in [9.17, 15) is 5.11 Å². The molecule has 0 aliphatic carbocycles. The molecule has 1 aromatic heterocycles. The van der Waals surface area contributed by atoms with Crippen molar-refractivity contribution >= 4 is 55.0 Å². The Kier molecular flexibility index (Phi) is 5.11. The first-order valence-electron chi connectivity index (χ1n) is 4.96. The van der Waals surface area contributed by atoms with Crippen LogP contribution in [0.1, 0.15) is 11.0 Å². The highest BCUT2D eigenvalue weighted by Crippen LogP contribution is 2.33. The van der Waals surface area contributed by atoms with Crippen LogP contribution in [0, 0.1) is 0 Å². The van der Waals surface area contributed by atoms with Crippen LogP contribution in [0.5, 0.6) is 0 Å². The summed E-state index contributed by atoms with van der Waals surface area (Å²) in [5.74, 6) is 0.662. The van der Waals surface area contributed by atoms with E-state index in [1.54, 1.807) is 23.1 Å². The van der Waals surface area contributed by atoms with Crippen molar-refractivity contribution in [3.8, 4) is 0 Å². The van der Waals surface area contributed by atoms with Gasteiger partial charge in [0.15, 0.2) is 0 Å². The molecule has 0 fully saturated rings. The van der Waals surface area contributed by atoms with Crippen molar-refractivity contribution < 1.29 is 5.11 Å². The molecular formula is C12H10Br2OS2. The van der Waals surface area contributed by atoms with Gasteiger partial charge in [0, 0.05) is 24.5 Å². The lowest BCUT2D eigenvalue weighted by atomic mass is 10.3. The average Bonchev–Trinajstić information content (AvgIpc) is 2.72. The Morgan fingerprint density at radius 3 is 2.76 bits per heavy atom. The van der Waals surface area contributed by atoms with Gasteiger partial charge in [-0.1, -0.05) is 22.0 Å². The van der Waals surface area contributed by atoms with E-state index < -0.39 is 6.10 Å². The molecule has 0 bridgehead atoms. The maximum absolute atomic E-state index is 10.1. The number of halogens is 2. The second-order valence-corrected chi connectivity index (χ2v) is 7.23. The molecule has 1 aromatic carbocycles. The van der Waals surface area contributed by atoms with Crippen LogP contribution in [0.15, 0.2) is 49.6 Å². The minimum Gasteiger partial charge on any atom is -0.387 e. The summed E-state index contributed by atoms with van der Waals surface area (Å²) >= 11 is 10.1. The molecule has 0 amide bonds. The van der Waals surface area contributed by atoms with Crippen molar-refractivity contribution in [2.24, 2.45) is 0 Å². The quantitative estimate of drug-likeness (QED) is 0.729. The van der Waals surface area contributed by atoms with Gasteiger partial charge in [-0.25, -0.2) is 0 Å². The molecule has 1 nitrogen and oxygen atoms in total. The van der Waals surface area contributed by atoms with Gasteiger partial charge in [0.25, 0.3) is 0 Å². The van der Waals surface area contributed by atoms with Gasteiger partial charge >= 0.3 is 0 Å². The molecule has 0 saturated carbocycles. The number of thiophene rings is 1. The van der Waals surface area contributed by atoms with Gasteiger partial charge in [-0.2, -0.15) is 0 Å². The summed E-state index contributed by atoms with van der Waals surface area (Å²) in [4.78, 5) is 2.15. The molecule has 1 N–H and O–H groups in total. The van der Waals surface area contributed by atoms with Crippen LogP contribution in [0.3, 0.4) is 0 Å². The van der Waals surface area contributed by atoms with E-state index in [1.165, 1.54) is 0 Å². The summed E-state index contributed by atoms with van der Waals surface area (Å²) in [7, 11) is 0. The molecule has 0 aliphatic rings. The van der Waals surface area contributed by atoms with Gasteiger partial charge in [0.1, 0.15) is 0 Å². The van der Waals surface area contributed by atoms with Gasteiger partial charge in [0.2, 0.25) is 0 Å². The van der Waals surface area contributed by atoms with Crippen molar-refractivity contribution in [2.45, 2.75) is 11.0 Å². The Labute approximate surface area is 126 Å². The Morgan fingerprint density at radius 2 is 2.12 bits per heavy atom. The van der Waals surface area contributed by atoms with E-state index in [0.29, 0.717) is 5.75 Å². The first-order valence-corrected chi connectivity index (χ1v) is 8.41. The molecule has 0 aliphatic heterocycles. The fraction of sp³-hybridized carbons (Fsp3) is 0.167. The molecule has 90 valence electrons. The summed E-state index contributed by atoms with van der Waals surface area (Å²) in [6, 6.07) is 10.1. The van der Waals surface area contributed by atoms with Gasteiger partial charge < -0.3 is 5.11 Å². The minimum atomic E-state index is -0.423. The molecule has 1 heterocycles. The number of aliphatic hydroxyl groups excluding tert-OH is 1. The lowest BCUT2D eigenvalue weighted by Crippen LogP contribution is -1.98. The number of hydrogen-bond donors (Lipinski definition) is 1. The first kappa shape index (κ1) is 13.6. The third-order valence-corrected chi connectivity index (χ3v) is 5.69. The maximum Gasteiger partial charge on any atom is 0.0986 e. The van der Waals surface area contributed by atoms with E-state index in [0.717, 1.165) is 18.7 Å². The second-order valence-electron chi connectivity index (χ2n) is 3.42. The van der Waals surface area contributed by atoms with Crippen molar-refractivity contribution in [3.05, 3.63) is 49.5 Å².